The molecule has 1 fully saturated rings. The van der Waals surface area contributed by atoms with Gasteiger partial charge < -0.3 is 14.9 Å². The van der Waals surface area contributed by atoms with Crippen molar-refractivity contribution in [2.45, 2.75) is 31.8 Å². The number of benzene rings is 1. The number of nitrogens with one attached hydrogen (secondary N) is 2. The van der Waals surface area contributed by atoms with Gasteiger partial charge in [-0.05, 0) is 37.5 Å². The fraction of sp³-hybridized carbons (Fsp3) is 0.294. The van der Waals surface area contributed by atoms with E-state index in [1.165, 1.54) is 18.8 Å². The molecule has 3 heterocycles. The zero-order valence-electron chi connectivity index (χ0n) is 13.4. The summed E-state index contributed by atoms with van der Waals surface area (Å²) >= 11 is 0. The molecule has 1 aromatic carbocycles. The second-order valence-corrected chi connectivity index (χ2v) is 6.29. The molecule has 3 aromatic heterocycles. The summed E-state index contributed by atoms with van der Waals surface area (Å²) in [4.78, 5) is 20.3. The number of fused-ring (bicyclic) bond motifs is 2. The van der Waals surface area contributed by atoms with Gasteiger partial charge in [0.15, 0.2) is 11.5 Å². The fourth-order valence-corrected chi connectivity index (χ4v) is 3.35. The van der Waals surface area contributed by atoms with Crippen LogP contribution in [0, 0.1) is 5.82 Å². The average molecular weight is 337 g/mol. The summed E-state index contributed by atoms with van der Waals surface area (Å²) in [6.45, 7) is 0.498. The smallest absolute Gasteiger partial charge is 0.182 e. The van der Waals surface area contributed by atoms with Crippen LogP contribution in [0.2, 0.25) is 0 Å². The predicted molar refractivity (Wildman–Crippen MR) is 91.6 cm³/mol. The normalized spacial score (nSPS) is 14.9. The maximum absolute atomic E-state index is 13.7. The Labute approximate surface area is 142 Å². The molecule has 126 valence electrons. The second-order valence-electron chi connectivity index (χ2n) is 6.29. The Bertz CT molecular complexity index is 1060. The van der Waals surface area contributed by atoms with Crippen molar-refractivity contribution in [2.24, 2.45) is 0 Å². The minimum Gasteiger partial charge on any atom is -0.361 e. The second kappa shape index (κ2) is 5.51. The summed E-state index contributed by atoms with van der Waals surface area (Å²) in [5.74, 6) is 1.33. The van der Waals surface area contributed by atoms with Crippen molar-refractivity contribution < 1.29 is 4.39 Å². The lowest BCUT2D eigenvalue weighted by atomic mass is 9.92. The van der Waals surface area contributed by atoms with Crippen LogP contribution in [0.3, 0.4) is 0 Å². The molecule has 0 radical (unpaired) electrons. The Kier molecular flexibility index (Phi) is 3.16. The van der Waals surface area contributed by atoms with E-state index in [4.69, 9.17) is 4.98 Å². The average Bonchev–Trinajstić information content (AvgIpc) is 3.17. The van der Waals surface area contributed by atoms with Crippen LogP contribution in [0.1, 0.15) is 31.1 Å². The molecule has 0 unspecified atom stereocenters. The number of H-pyrrole nitrogens is 1. The molecule has 0 spiro atoms. The van der Waals surface area contributed by atoms with Gasteiger partial charge >= 0.3 is 0 Å². The van der Waals surface area contributed by atoms with Gasteiger partial charge in [0, 0.05) is 6.04 Å². The molecular weight excluding hydrogens is 321 g/mol. The molecule has 1 saturated carbocycles. The number of rotatable bonds is 4. The molecule has 1 aliphatic carbocycles. The van der Waals surface area contributed by atoms with Gasteiger partial charge in [0.05, 0.1) is 23.9 Å². The highest BCUT2D eigenvalue weighted by Crippen LogP contribution is 2.36. The number of imidazole rings is 2. The Morgan fingerprint density at radius 3 is 3.00 bits per heavy atom. The summed E-state index contributed by atoms with van der Waals surface area (Å²) in [6.07, 6.45) is 6.49. The Balaban J connectivity index is 1.53. The molecular formula is C17H16FN7. The lowest BCUT2D eigenvalue weighted by Crippen LogP contribution is -2.20. The molecule has 7 nitrogen and oxygen atoms in total. The van der Waals surface area contributed by atoms with E-state index in [0.717, 1.165) is 35.2 Å². The molecule has 0 bridgehead atoms. The molecule has 0 amide bonds. The molecule has 1 aliphatic rings. The maximum Gasteiger partial charge on any atom is 0.182 e. The zero-order valence-corrected chi connectivity index (χ0v) is 13.4. The maximum atomic E-state index is 13.7. The van der Waals surface area contributed by atoms with E-state index in [2.05, 4.69) is 29.8 Å². The molecule has 8 heteroatoms. The van der Waals surface area contributed by atoms with Gasteiger partial charge in [-0.15, -0.1) is 0 Å². The number of anilines is 1. The van der Waals surface area contributed by atoms with E-state index in [9.17, 15) is 4.39 Å². The number of hydrogen-bond donors (Lipinski definition) is 2. The highest BCUT2D eigenvalue weighted by molar-refractivity contribution is 5.82. The van der Waals surface area contributed by atoms with Crippen molar-refractivity contribution >= 4 is 28.0 Å². The van der Waals surface area contributed by atoms with Crippen LogP contribution in [-0.2, 0) is 6.54 Å². The minimum absolute atomic E-state index is 0.234. The van der Waals surface area contributed by atoms with Gasteiger partial charge in [-0.3, -0.25) is 0 Å². The van der Waals surface area contributed by atoms with E-state index in [-0.39, 0.29) is 5.82 Å². The number of halogens is 1. The topological polar surface area (TPSA) is 84.3 Å². The largest absolute Gasteiger partial charge is 0.361 e. The van der Waals surface area contributed by atoms with Crippen LogP contribution < -0.4 is 5.32 Å². The molecule has 25 heavy (non-hydrogen) atoms. The van der Waals surface area contributed by atoms with Crippen molar-refractivity contribution in [1.82, 2.24) is 29.5 Å². The van der Waals surface area contributed by atoms with E-state index in [1.54, 1.807) is 18.5 Å². The van der Waals surface area contributed by atoms with Crippen LogP contribution in [0.25, 0.3) is 22.2 Å². The predicted octanol–water partition coefficient (Wildman–Crippen LogP) is 3.18. The number of hydrogen-bond acceptors (Lipinski definition) is 5. The zero-order chi connectivity index (χ0) is 16.8. The van der Waals surface area contributed by atoms with Gasteiger partial charge in [-0.25, -0.2) is 24.3 Å². The van der Waals surface area contributed by atoms with Crippen molar-refractivity contribution in [2.75, 3.05) is 5.32 Å². The van der Waals surface area contributed by atoms with Crippen LogP contribution >= 0.6 is 0 Å². The lowest BCUT2D eigenvalue weighted by molar-refractivity contribution is 0.314. The van der Waals surface area contributed by atoms with Crippen molar-refractivity contribution in [3.05, 3.63) is 42.5 Å². The lowest BCUT2D eigenvalue weighted by Gasteiger charge is -2.29. The van der Waals surface area contributed by atoms with Crippen molar-refractivity contribution in [3.8, 4) is 0 Å². The van der Waals surface area contributed by atoms with Gasteiger partial charge in [-0.1, -0.05) is 0 Å². The number of aromatic amines is 1. The molecule has 5 rings (SSSR count). The van der Waals surface area contributed by atoms with Crippen LogP contribution in [0.4, 0.5) is 10.2 Å². The summed E-state index contributed by atoms with van der Waals surface area (Å²) in [5.41, 5.74) is 3.06. The molecule has 2 N–H and O–H groups in total. The Morgan fingerprint density at radius 1 is 1.24 bits per heavy atom. The third-order valence-electron chi connectivity index (χ3n) is 4.80. The quantitative estimate of drug-likeness (QED) is 0.597. The molecule has 4 aromatic rings. The van der Waals surface area contributed by atoms with Gasteiger partial charge in [0.2, 0.25) is 0 Å². The van der Waals surface area contributed by atoms with E-state index in [0.29, 0.717) is 24.1 Å². The first-order chi connectivity index (χ1) is 12.3. The first-order valence-electron chi connectivity index (χ1n) is 8.34. The third kappa shape index (κ3) is 2.33. The SMILES string of the molecule is Fc1ccc2nc(CNc3ncnc4nc[nH]c34)n(C3CCC3)c2c1. The third-order valence-corrected chi connectivity index (χ3v) is 4.80. The Hall–Kier alpha value is -3.03. The van der Waals surface area contributed by atoms with E-state index in [1.807, 2.05) is 0 Å². The first kappa shape index (κ1) is 14.3. The molecule has 0 aliphatic heterocycles. The summed E-state index contributed by atoms with van der Waals surface area (Å²) < 4.78 is 15.9. The van der Waals surface area contributed by atoms with Crippen LogP contribution in [0.5, 0.6) is 0 Å². The van der Waals surface area contributed by atoms with E-state index < -0.39 is 0 Å². The Morgan fingerprint density at radius 2 is 2.16 bits per heavy atom. The highest BCUT2D eigenvalue weighted by Gasteiger charge is 2.24. The van der Waals surface area contributed by atoms with Gasteiger partial charge in [0.1, 0.15) is 23.5 Å². The van der Waals surface area contributed by atoms with Crippen LogP contribution in [0.15, 0.2) is 30.9 Å². The fourth-order valence-electron chi connectivity index (χ4n) is 3.35. The summed E-state index contributed by atoms with van der Waals surface area (Å²) in [6, 6.07) is 5.15. The first-order valence-corrected chi connectivity index (χ1v) is 8.34. The highest BCUT2D eigenvalue weighted by atomic mass is 19.1. The van der Waals surface area contributed by atoms with Crippen molar-refractivity contribution in [3.63, 3.8) is 0 Å². The molecule has 0 atom stereocenters. The number of aromatic nitrogens is 6. The van der Waals surface area contributed by atoms with Gasteiger partial charge in [0.25, 0.3) is 0 Å². The summed E-state index contributed by atoms with van der Waals surface area (Å²) in [5, 5.41) is 3.31. The molecule has 0 saturated heterocycles. The van der Waals surface area contributed by atoms with Gasteiger partial charge in [-0.2, -0.15) is 0 Å². The van der Waals surface area contributed by atoms with E-state index >= 15 is 0 Å². The standard InChI is InChI=1S/C17H16FN7/c18-10-4-5-12-13(6-10)25(11-2-1-3-11)14(24-12)7-19-16-15-17(21-8-20-15)23-9-22-16/h4-6,8-9,11H,1-3,7H2,(H2,19,20,21,22,23). The van der Waals surface area contributed by atoms with Crippen LogP contribution in [-0.4, -0.2) is 29.5 Å². The van der Waals surface area contributed by atoms with Crippen molar-refractivity contribution in [1.29, 1.82) is 0 Å². The monoisotopic (exact) mass is 337 g/mol. The number of nitrogens with zero attached hydrogens (tertiary/aromatic N) is 5. The summed E-state index contributed by atoms with van der Waals surface area (Å²) in [7, 11) is 0. The minimum atomic E-state index is -0.234.